The normalized spacial score (nSPS) is 26.6. The van der Waals surface area contributed by atoms with Crippen molar-refractivity contribution in [1.29, 1.82) is 0 Å². The van der Waals surface area contributed by atoms with Crippen LogP contribution < -0.4 is 21.1 Å². The number of aromatic nitrogens is 2. The maximum atomic E-state index is 13.3. The van der Waals surface area contributed by atoms with Gasteiger partial charge in [0.1, 0.15) is 11.9 Å². The highest BCUT2D eigenvalue weighted by Gasteiger charge is 2.51. The lowest BCUT2D eigenvalue weighted by Crippen LogP contribution is -2.65. The summed E-state index contributed by atoms with van der Waals surface area (Å²) in [6, 6.07) is -1.80. The summed E-state index contributed by atoms with van der Waals surface area (Å²) in [7, 11) is 0. The Morgan fingerprint density at radius 2 is 1.79 bits per heavy atom. The van der Waals surface area contributed by atoms with Crippen LogP contribution in [0, 0.1) is 5.92 Å². The predicted octanol–water partition coefficient (Wildman–Crippen LogP) is 1.24. The van der Waals surface area contributed by atoms with E-state index in [-0.39, 0.29) is 25.1 Å². The number of hydrazine groups is 1. The molecule has 0 bridgehead atoms. The largest absolute Gasteiger partial charge is 0.434 e. The molecule has 4 atom stereocenters. The lowest BCUT2D eigenvalue weighted by Gasteiger charge is -2.37. The Bertz CT molecular complexity index is 985. The van der Waals surface area contributed by atoms with E-state index in [2.05, 4.69) is 20.7 Å². The van der Waals surface area contributed by atoms with E-state index in [1.165, 1.54) is 0 Å². The number of hydrogen-bond donors (Lipinski definition) is 3. The van der Waals surface area contributed by atoms with Crippen molar-refractivity contribution in [2.75, 3.05) is 37.7 Å². The molecule has 4 heterocycles. The number of nitrogens with one attached hydrogen (secondary N) is 3. The van der Waals surface area contributed by atoms with Gasteiger partial charge in [-0.05, 0) is 19.8 Å². The fraction of sp³-hybridized carbons (Fsp3) is 0.727. The number of amides is 2. The van der Waals surface area contributed by atoms with E-state index in [4.69, 9.17) is 4.74 Å². The third kappa shape index (κ3) is 6.46. The average Bonchev–Trinajstić information content (AvgIpc) is 3.21. The molecule has 1 aromatic rings. The van der Waals surface area contributed by atoms with Crippen molar-refractivity contribution in [1.82, 2.24) is 31.0 Å². The smallest absolute Gasteiger partial charge is 0.367 e. The fourth-order valence-corrected chi connectivity index (χ4v) is 5.06. The summed E-state index contributed by atoms with van der Waals surface area (Å²) >= 11 is 0. The third-order valence-corrected chi connectivity index (χ3v) is 6.97. The summed E-state index contributed by atoms with van der Waals surface area (Å²) in [5.41, 5.74) is 3.38. The minimum Gasteiger partial charge on any atom is -0.367 e. The Balaban J connectivity index is 1.23. The number of hydrogen-bond acceptors (Lipinski definition) is 8. The number of rotatable bonds is 7. The molecule has 3 fully saturated rings. The number of halogens is 6. The monoisotopic (exact) mass is 553 g/mol. The van der Waals surface area contributed by atoms with E-state index < -0.39 is 48.1 Å². The van der Waals surface area contributed by atoms with Crippen LogP contribution in [-0.4, -0.2) is 89.9 Å². The van der Waals surface area contributed by atoms with Gasteiger partial charge in [0.15, 0.2) is 11.6 Å². The lowest BCUT2D eigenvalue weighted by molar-refractivity contribution is -0.193. The zero-order valence-corrected chi connectivity index (χ0v) is 20.5. The minimum absolute atomic E-state index is 0.0159. The van der Waals surface area contributed by atoms with Crippen LogP contribution in [0.25, 0.3) is 0 Å². The van der Waals surface area contributed by atoms with E-state index in [1.54, 1.807) is 11.8 Å². The van der Waals surface area contributed by atoms with Gasteiger partial charge < -0.3 is 19.9 Å². The van der Waals surface area contributed by atoms with Crippen LogP contribution >= 0.6 is 0 Å². The number of ether oxygens (including phenoxy) is 1. The number of likely N-dealkylation sites (tertiary alicyclic amines) is 1. The van der Waals surface area contributed by atoms with Gasteiger partial charge in [-0.15, -0.1) is 0 Å². The Morgan fingerprint density at radius 1 is 1.08 bits per heavy atom. The van der Waals surface area contributed by atoms with Gasteiger partial charge in [0.2, 0.25) is 5.91 Å². The summed E-state index contributed by atoms with van der Waals surface area (Å²) in [6.07, 6.45) is -6.57. The van der Waals surface area contributed by atoms with E-state index in [0.717, 1.165) is 6.20 Å². The van der Waals surface area contributed by atoms with Gasteiger partial charge in [-0.3, -0.25) is 15.0 Å². The van der Waals surface area contributed by atoms with Gasteiger partial charge in [-0.2, -0.15) is 26.3 Å². The fourth-order valence-electron chi connectivity index (χ4n) is 5.06. The Kier molecular flexibility index (Phi) is 8.32. The SMILES string of the molecule is C[C@@H](CO[C@@H]1CCN(C2CCN(c3cnc(C(F)(F)F)cn3)CC2)C1=O)NC1CNNC(=O)C1C(F)(F)F. The number of nitrogens with zero attached hydrogens (tertiary/aromatic N) is 4. The summed E-state index contributed by atoms with van der Waals surface area (Å²) in [5, 5.41) is 2.78. The molecular weight excluding hydrogens is 524 g/mol. The quantitative estimate of drug-likeness (QED) is 0.433. The summed E-state index contributed by atoms with van der Waals surface area (Å²) in [6.45, 7) is 2.94. The molecule has 38 heavy (non-hydrogen) atoms. The van der Waals surface area contributed by atoms with Crippen LogP contribution in [0.3, 0.4) is 0 Å². The molecule has 212 valence electrons. The third-order valence-electron chi connectivity index (χ3n) is 6.97. The highest BCUT2D eigenvalue weighted by molar-refractivity contribution is 5.83. The first-order valence-corrected chi connectivity index (χ1v) is 12.3. The molecule has 3 saturated heterocycles. The molecule has 10 nitrogen and oxygen atoms in total. The van der Waals surface area contributed by atoms with Gasteiger partial charge >= 0.3 is 12.4 Å². The van der Waals surface area contributed by atoms with Crippen LogP contribution in [-0.2, 0) is 20.5 Å². The molecule has 0 radical (unpaired) electrons. The predicted molar refractivity (Wildman–Crippen MR) is 120 cm³/mol. The zero-order valence-electron chi connectivity index (χ0n) is 20.5. The van der Waals surface area contributed by atoms with Gasteiger partial charge in [-0.25, -0.2) is 15.4 Å². The van der Waals surface area contributed by atoms with Crippen molar-refractivity contribution in [2.45, 2.75) is 62.8 Å². The van der Waals surface area contributed by atoms with E-state index >= 15 is 0 Å². The van der Waals surface area contributed by atoms with Gasteiger partial charge in [0.25, 0.3) is 5.91 Å². The van der Waals surface area contributed by atoms with Crippen molar-refractivity contribution in [3.63, 3.8) is 0 Å². The van der Waals surface area contributed by atoms with Gasteiger partial charge in [-0.1, -0.05) is 0 Å². The molecule has 16 heteroatoms. The van der Waals surface area contributed by atoms with Crippen molar-refractivity contribution in [3.05, 3.63) is 18.1 Å². The van der Waals surface area contributed by atoms with Crippen LogP contribution in [0.1, 0.15) is 31.9 Å². The Morgan fingerprint density at radius 3 is 2.39 bits per heavy atom. The Hall–Kier alpha value is -2.72. The highest BCUT2D eigenvalue weighted by Crippen LogP contribution is 2.31. The molecule has 2 unspecified atom stereocenters. The molecule has 0 aromatic carbocycles. The average molecular weight is 554 g/mol. The van der Waals surface area contributed by atoms with E-state index in [1.807, 2.05) is 10.3 Å². The first-order valence-electron chi connectivity index (χ1n) is 12.3. The van der Waals surface area contributed by atoms with Gasteiger partial charge in [0, 0.05) is 50.7 Å². The lowest BCUT2D eigenvalue weighted by atomic mass is 9.96. The molecule has 1 aromatic heterocycles. The summed E-state index contributed by atoms with van der Waals surface area (Å²) in [4.78, 5) is 35.5. The van der Waals surface area contributed by atoms with Crippen molar-refractivity contribution < 1.29 is 40.7 Å². The second kappa shape index (κ2) is 11.2. The second-order valence-corrected chi connectivity index (χ2v) is 9.68. The van der Waals surface area contributed by atoms with Crippen LogP contribution in [0.2, 0.25) is 0 Å². The minimum atomic E-state index is -4.71. The van der Waals surface area contributed by atoms with E-state index in [9.17, 15) is 35.9 Å². The molecule has 2 amide bonds. The van der Waals surface area contributed by atoms with Crippen LogP contribution in [0.4, 0.5) is 32.2 Å². The van der Waals surface area contributed by atoms with Crippen molar-refractivity contribution >= 4 is 17.6 Å². The first kappa shape index (κ1) is 28.3. The molecule has 0 saturated carbocycles. The van der Waals surface area contributed by atoms with Crippen LogP contribution in [0.15, 0.2) is 12.4 Å². The zero-order chi connectivity index (χ0) is 27.7. The number of piperidine rings is 1. The number of carbonyl (C=O) groups is 2. The number of anilines is 1. The van der Waals surface area contributed by atoms with Crippen LogP contribution in [0.5, 0.6) is 0 Å². The Labute approximate surface area is 214 Å². The number of carbonyl (C=O) groups excluding carboxylic acids is 2. The molecule has 0 aliphatic carbocycles. The van der Waals surface area contributed by atoms with Gasteiger partial charge in [0.05, 0.1) is 19.0 Å². The summed E-state index contributed by atoms with van der Waals surface area (Å²) < 4.78 is 83.8. The molecule has 3 aliphatic heterocycles. The molecule has 4 rings (SSSR count). The maximum absolute atomic E-state index is 13.3. The second-order valence-electron chi connectivity index (χ2n) is 9.68. The van der Waals surface area contributed by atoms with E-state index in [0.29, 0.717) is 50.9 Å². The highest BCUT2D eigenvalue weighted by atomic mass is 19.4. The standard InChI is InChI=1S/C22H29F6N7O3/c1-12(32-14-8-31-33-19(36)18(14)22(26,27)28)11-38-15-4-7-35(20(15)37)13-2-5-34(6-3-13)17-10-29-16(9-30-17)21(23,24)25/h9-10,12-15,18,31-32H,2-8,11H2,1H3,(H,33,36)/t12-,14?,15+,18?/m0/s1. The summed E-state index contributed by atoms with van der Waals surface area (Å²) in [5.74, 6) is -3.22. The molecule has 0 spiro atoms. The molecule has 3 N–H and O–H groups in total. The maximum Gasteiger partial charge on any atom is 0.434 e. The van der Waals surface area contributed by atoms with Crippen molar-refractivity contribution in [3.8, 4) is 0 Å². The first-order chi connectivity index (χ1) is 17.8. The molecule has 3 aliphatic rings. The topological polar surface area (TPSA) is 112 Å². The molecular formula is C22H29F6N7O3. The number of alkyl halides is 6. The van der Waals surface area contributed by atoms with Crippen molar-refractivity contribution in [2.24, 2.45) is 5.92 Å².